The average molecular weight is 250 g/mol. The monoisotopic (exact) mass is 250 g/mol. The third-order valence-electron chi connectivity index (χ3n) is 3.11. The molecule has 0 fully saturated rings. The van der Waals surface area contributed by atoms with E-state index in [1.54, 1.807) is 7.11 Å². The molecule has 18 heavy (non-hydrogen) atoms. The lowest BCUT2D eigenvalue weighted by Gasteiger charge is -2.23. The summed E-state index contributed by atoms with van der Waals surface area (Å²) in [4.78, 5) is 4.48. The van der Waals surface area contributed by atoms with Gasteiger partial charge in [0.15, 0.2) is 0 Å². The molecule has 0 aliphatic rings. The second kappa shape index (κ2) is 6.19. The first-order chi connectivity index (χ1) is 8.34. The van der Waals surface area contributed by atoms with Gasteiger partial charge in [0.05, 0.1) is 12.6 Å². The van der Waals surface area contributed by atoms with Crippen molar-refractivity contribution >= 4 is 5.82 Å². The molecule has 102 valence electrons. The van der Waals surface area contributed by atoms with Gasteiger partial charge in [-0.15, -0.1) is 0 Å². The van der Waals surface area contributed by atoms with E-state index in [9.17, 15) is 0 Å². The van der Waals surface area contributed by atoms with Gasteiger partial charge in [-0.1, -0.05) is 40.7 Å². The van der Waals surface area contributed by atoms with Crippen LogP contribution in [-0.2, 0) is 10.2 Å². The topological polar surface area (TPSA) is 34.1 Å². The van der Waals surface area contributed by atoms with Gasteiger partial charge in [0.25, 0.3) is 0 Å². The highest BCUT2D eigenvalue weighted by Gasteiger charge is 2.16. The van der Waals surface area contributed by atoms with Crippen LogP contribution >= 0.6 is 0 Å². The fraction of sp³-hybridized carbons (Fsp3) is 0.667. The number of ether oxygens (including phenoxy) is 1. The molecule has 0 bridgehead atoms. The Kier molecular flexibility index (Phi) is 5.15. The SMILES string of the molecule is COCC(Nc1ccc(C(C)(C)C)cn1)C(C)C. The fourth-order valence-corrected chi connectivity index (χ4v) is 1.69. The third kappa shape index (κ3) is 4.30. The van der Waals surface area contributed by atoms with Crippen LogP contribution in [0.3, 0.4) is 0 Å². The Morgan fingerprint density at radius 2 is 1.94 bits per heavy atom. The first-order valence-electron chi connectivity index (χ1n) is 6.56. The number of nitrogens with one attached hydrogen (secondary N) is 1. The van der Waals surface area contributed by atoms with Crippen LogP contribution in [0, 0.1) is 5.92 Å². The molecule has 0 spiro atoms. The summed E-state index contributed by atoms with van der Waals surface area (Å²) < 4.78 is 5.23. The first kappa shape index (κ1) is 15.0. The van der Waals surface area contributed by atoms with Crippen LogP contribution in [0.25, 0.3) is 0 Å². The number of hydrogen-bond donors (Lipinski definition) is 1. The summed E-state index contributed by atoms with van der Waals surface area (Å²) in [7, 11) is 1.73. The van der Waals surface area contributed by atoms with E-state index < -0.39 is 0 Å². The van der Waals surface area contributed by atoms with Crippen LogP contribution in [0.2, 0.25) is 0 Å². The molecule has 0 radical (unpaired) electrons. The fourth-order valence-electron chi connectivity index (χ4n) is 1.69. The number of anilines is 1. The number of aromatic nitrogens is 1. The largest absolute Gasteiger partial charge is 0.383 e. The van der Waals surface area contributed by atoms with Gasteiger partial charge in [-0.3, -0.25) is 0 Å². The second-order valence-corrected chi connectivity index (χ2v) is 6.13. The highest BCUT2D eigenvalue weighted by Crippen LogP contribution is 2.22. The molecule has 3 heteroatoms. The molecule has 3 nitrogen and oxygen atoms in total. The number of hydrogen-bond acceptors (Lipinski definition) is 3. The van der Waals surface area contributed by atoms with Crippen molar-refractivity contribution in [3.63, 3.8) is 0 Å². The molecule has 1 aromatic heterocycles. The molecule has 0 saturated heterocycles. The maximum Gasteiger partial charge on any atom is 0.126 e. The first-order valence-corrected chi connectivity index (χ1v) is 6.56. The standard InChI is InChI=1S/C15H26N2O/c1-11(2)13(10-18-6)17-14-8-7-12(9-16-14)15(3,4)5/h7-9,11,13H,10H2,1-6H3,(H,16,17). The molecule has 1 rings (SSSR count). The van der Waals surface area contributed by atoms with E-state index in [0.29, 0.717) is 18.6 Å². The molecule has 1 unspecified atom stereocenters. The summed E-state index contributed by atoms with van der Waals surface area (Å²) in [5.74, 6) is 1.42. The Morgan fingerprint density at radius 1 is 1.28 bits per heavy atom. The third-order valence-corrected chi connectivity index (χ3v) is 3.11. The van der Waals surface area contributed by atoms with Crippen molar-refractivity contribution in [1.82, 2.24) is 4.98 Å². The maximum atomic E-state index is 5.23. The summed E-state index contributed by atoms with van der Waals surface area (Å²) in [5, 5.41) is 3.42. The normalized spacial score (nSPS) is 13.7. The van der Waals surface area contributed by atoms with Gasteiger partial charge in [0.2, 0.25) is 0 Å². The van der Waals surface area contributed by atoms with E-state index in [4.69, 9.17) is 4.74 Å². The van der Waals surface area contributed by atoms with Crippen molar-refractivity contribution in [3.05, 3.63) is 23.9 Å². The number of nitrogens with zero attached hydrogens (tertiary/aromatic N) is 1. The van der Waals surface area contributed by atoms with E-state index >= 15 is 0 Å². The van der Waals surface area contributed by atoms with Gasteiger partial charge < -0.3 is 10.1 Å². The minimum Gasteiger partial charge on any atom is -0.383 e. The van der Waals surface area contributed by atoms with E-state index in [1.165, 1.54) is 5.56 Å². The Labute approximate surface area is 111 Å². The lowest BCUT2D eigenvalue weighted by Crippen LogP contribution is -2.30. The minimum atomic E-state index is 0.148. The summed E-state index contributed by atoms with van der Waals surface area (Å²) in [6.07, 6.45) is 1.95. The van der Waals surface area contributed by atoms with Crippen molar-refractivity contribution in [2.45, 2.75) is 46.1 Å². The zero-order valence-electron chi connectivity index (χ0n) is 12.4. The zero-order chi connectivity index (χ0) is 13.8. The van der Waals surface area contributed by atoms with Gasteiger partial charge in [0.1, 0.15) is 5.82 Å². The average Bonchev–Trinajstić information content (AvgIpc) is 2.28. The quantitative estimate of drug-likeness (QED) is 0.869. The van der Waals surface area contributed by atoms with Crippen molar-refractivity contribution in [1.29, 1.82) is 0 Å². The molecule has 1 heterocycles. The molecule has 1 N–H and O–H groups in total. The number of rotatable bonds is 5. The van der Waals surface area contributed by atoms with Crippen LogP contribution in [0.5, 0.6) is 0 Å². The molecule has 1 aromatic rings. The maximum absolute atomic E-state index is 5.23. The zero-order valence-corrected chi connectivity index (χ0v) is 12.4. The smallest absolute Gasteiger partial charge is 0.126 e. The van der Waals surface area contributed by atoms with Gasteiger partial charge in [-0.25, -0.2) is 4.98 Å². The van der Waals surface area contributed by atoms with Crippen LogP contribution in [-0.4, -0.2) is 24.7 Å². The van der Waals surface area contributed by atoms with E-state index in [2.05, 4.69) is 51.0 Å². The summed E-state index contributed by atoms with van der Waals surface area (Å²) >= 11 is 0. The molecule has 0 aliphatic carbocycles. The second-order valence-electron chi connectivity index (χ2n) is 6.13. The van der Waals surface area contributed by atoms with Gasteiger partial charge >= 0.3 is 0 Å². The van der Waals surface area contributed by atoms with Crippen molar-refractivity contribution < 1.29 is 4.74 Å². The Bertz CT molecular complexity index is 352. The van der Waals surface area contributed by atoms with Crippen LogP contribution in [0.15, 0.2) is 18.3 Å². The summed E-state index contributed by atoms with van der Waals surface area (Å²) in [6, 6.07) is 4.48. The lowest BCUT2D eigenvalue weighted by atomic mass is 9.88. The van der Waals surface area contributed by atoms with Gasteiger partial charge in [-0.05, 0) is 23.0 Å². The van der Waals surface area contributed by atoms with Crippen molar-refractivity contribution in [3.8, 4) is 0 Å². The van der Waals surface area contributed by atoms with Crippen LogP contribution in [0.4, 0.5) is 5.82 Å². The Balaban J connectivity index is 2.73. The van der Waals surface area contributed by atoms with Crippen LogP contribution < -0.4 is 5.32 Å². The Morgan fingerprint density at radius 3 is 2.33 bits per heavy atom. The van der Waals surface area contributed by atoms with Gasteiger partial charge in [0, 0.05) is 13.3 Å². The minimum absolute atomic E-state index is 0.148. The van der Waals surface area contributed by atoms with E-state index in [0.717, 1.165) is 5.82 Å². The molecule has 0 amide bonds. The van der Waals surface area contributed by atoms with E-state index in [1.807, 2.05) is 12.3 Å². The molecular weight excluding hydrogens is 224 g/mol. The Hall–Kier alpha value is -1.09. The molecular formula is C15H26N2O. The lowest BCUT2D eigenvalue weighted by molar-refractivity contribution is 0.171. The van der Waals surface area contributed by atoms with Gasteiger partial charge in [-0.2, -0.15) is 0 Å². The number of methoxy groups -OCH3 is 1. The number of pyridine rings is 1. The van der Waals surface area contributed by atoms with Crippen LogP contribution in [0.1, 0.15) is 40.2 Å². The molecule has 0 aliphatic heterocycles. The van der Waals surface area contributed by atoms with E-state index in [-0.39, 0.29) is 5.41 Å². The highest BCUT2D eigenvalue weighted by molar-refractivity contribution is 5.38. The molecule has 0 aromatic carbocycles. The predicted octanol–water partition coefficient (Wildman–Crippen LogP) is 3.46. The van der Waals surface area contributed by atoms with Crippen molar-refractivity contribution in [2.24, 2.45) is 5.92 Å². The summed E-state index contributed by atoms with van der Waals surface area (Å²) in [5.41, 5.74) is 1.40. The summed E-state index contributed by atoms with van der Waals surface area (Å²) in [6.45, 7) is 11.6. The van der Waals surface area contributed by atoms with Crippen molar-refractivity contribution in [2.75, 3.05) is 19.0 Å². The molecule has 0 saturated carbocycles. The molecule has 1 atom stereocenters. The predicted molar refractivity (Wildman–Crippen MR) is 77.1 cm³/mol. The highest BCUT2D eigenvalue weighted by atomic mass is 16.5.